The fraction of sp³-hybridized carbons (Fsp3) is 0.462. The van der Waals surface area contributed by atoms with Crippen LogP contribution in [-0.4, -0.2) is 78.6 Å². The summed E-state index contributed by atoms with van der Waals surface area (Å²) in [5.74, 6) is 0.0478. The molecule has 9 nitrogen and oxygen atoms in total. The van der Waals surface area contributed by atoms with Crippen LogP contribution in [0.5, 0.6) is 0 Å². The third kappa shape index (κ3) is 4.58. The van der Waals surface area contributed by atoms with Crippen molar-refractivity contribution >= 4 is 28.8 Å². The molecule has 2 unspecified atom stereocenters. The van der Waals surface area contributed by atoms with Crippen molar-refractivity contribution < 1.29 is 13.9 Å². The molecule has 2 N–H and O–H groups in total. The van der Waals surface area contributed by atoms with Crippen LogP contribution in [0.25, 0.3) is 16.7 Å². The molecule has 4 rings (SSSR count). The van der Waals surface area contributed by atoms with Gasteiger partial charge < -0.3 is 20.1 Å². The summed E-state index contributed by atoms with van der Waals surface area (Å²) in [7, 11) is 4.78. The second-order valence-corrected chi connectivity index (χ2v) is 9.37. The van der Waals surface area contributed by atoms with E-state index < -0.39 is 11.4 Å². The number of ether oxygens (including phenoxy) is 2. The van der Waals surface area contributed by atoms with Crippen molar-refractivity contribution in [3.05, 3.63) is 53.6 Å². The average molecular weight is 496 g/mol. The van der Waals surface area contributed by atoms with Crippen LogP contribution in [0.3, 0.4) is 0 Å². The topological polar surface area (TPSA) is 102 Å². The number of aromatic nitrogens is 3. The third-order valence-electron chi connectivity index (χ3n) is 7.00. The van der Waals surface area contributed by atoms with E-state index in [1.165, 1.54) is 13.3 Å². The summed E-state index contributed by atoms with van der Waals surface area (Å²) >= 11 is 0. The number of aliphatic imine (C=N–C) groups is 1. The van der Waals surface area contributed by atoms with E-state index in [1.54, 1.807) is 32.6 Å². The first-order valence-electron chi connectivity index (χ1n) is 12.0. The van der Waals surface area contributed by atoms with E-state index in [2.05, 4.69) is 33.7 Å². The lowest BCUT2D eigenvalue weighted by Gasteiger charge is -2.42. The number of pyridine rings is 1. The Morgan fingerprint density at radius 1 is 1.28 bits per heavy atom. The van der Waals surface area contributed by atoms with Gasteiger partial charge in [-0.25, -0.2) is 14.4 Å². The summed E-state index contributed by atoms with van der Waals surface area (Å²) in [6.45, 7) is 8.15. The van der Waals surface area contributed by atoms with Crippen molar-refractivity contribution in [3.63, 3.8) is 0 Å². The third-order valence-corrected chi connectivity index (χ3v) is 7.00. The minimum atomic E-state index is -0.768. The number of fused-ring (bicyclic) bond motifs is 2. The van der Waals surface area contributed by atoms with Crippen LogP contribution in [0.4, 0.5) is 10.2 Å². The summed E-state index contributed by atoms with van der Waals surface area (Å²) in [4.78, 5) is 22.3. The molecule has 1 aliphatic heterocycles. The van der Waals surface area contributed by atoms with Crippen molar-refractivity contribution in [2.24, 2.45) is 16.6 Å². The zero-order valence-corrected chi connectivity index (χ0v) is 21.7. The highest BCUT2D eigenvalue weighted by molar-refractivity contribution is 6.08. The van der Waals surface area contributed by atoms with Crippen LogP contribution >= 0.6 is 0 Å². The highest BCUT2D eigenvalue weighted by Gasteiger charge is 2.47. The number of nitrogens with two attached hydrogens (primary N) is 1. The van der Waals surface area contributed by atoms with Gasteiger partial charge in [-0.05, 0) is 39.0 Å². The molecule has 2 atom stereocenters. The molecule has 0 aromatic carbocycles. The summed E-state index contributed by atoms with van der Waals surface area (Å²) in [6, 6.07) is 3.97. The first-order chi connectivity index (χ1) is 17.3. The largest absolute Gasteiger partial charge is 0.494 e. The van der Waals surface area contributed by atoms with E-state index in [-0.39, 0.29) is 17.7 Å². The first-order valence-corrected chi connectivity index (χ1v) is 12.0. The number of methoxy groups -OCH3 is 2. The Kier molecular flexibility index (Phi) is 7.37. The van der Waals surface area contributed by atoms with Gasteiger partial charge in [-0.2, -0.15) is 0 Å². The lowest BCUT2D eigenvalue weighted by atomic mass is 9.80. The van der Waals surface area contributed by atoms with Crippen LogP contribution in [0, 0.1) is 5.92 Å². The highest BCUT2D eigenvalue weighted by atomic mass is 19.1. The van der Waals surface area contributed by atoms with Crippen LogP contribution < -0.4 is 10.6 Å². The Morgan fingerprint density at radius 3 is 2.69 bits per heavy atom. The lowest BCUT2D eigenvalue weighted by molar-refractivity contribution is -0.00963. The molecule has 2 aromatic heterocycles. The molecule has 36 heavy (non-hydrogen) atoms. The van der Waals surface area contributed by atoms with E-state index in [9.17, 15) is 0 Å². The van der Waals surface area contributed by atoms with Crippen molar-refractivity contribution in [2.75, 3.05) is 45.8 Å². The maximum Gasteiger partial charge on any atom is 0.184 e. The van der Waals surface area contributed by atoms with Crippen molar-refractivity contribution in [1.82, 2.24) is 19.9 Å². The van der Waals surface area contributed by atoms with Gasteiger partial charge in [0.25, 0.3) is 0 Å². The van der Waals surface area contributed by atoms with Gasteiger partial charge in [0.1, 0.15) is 11.3 Å². The van der Waals surface area contributed by atoms with Gasteiger partial charge in [-0.15, -0.1) is 0 Å². The summed E-state index contributed by atoms with van der Waals surface area (Å²) in [5, 5.41) is 0. The molecule has 0 spiro atoms. The molecule has 192 valence electrons. The van der Waals surface area contributed by atoms with Gasteiger partial charge >= 0.3 is 0 Å². The molecule has 0 amide bonds. The second kappa shape index (κ2) is 10.3. The number of rotatable bonds is 6. The Labute approximate surface area is 211 Å². The van der Waals surface area contributed by atoms with Crippen molar-refractivity contribution in [1.29, 1.82) is 0 Å². The average Bonchev–Trinajstić information content (AvgIpc) is 3.10. The number of halogens is 1. The molecule has 10 heteroatoms. The van der Waals surface area contributed by atoms with Gasteiger partial charge in [0.15, 0.2) is 17.2 Å². The highest BCUT2D eigenvalue weighted by Crippen LogP contribution is 2.44. The molecule has 3 heterocycles. The smallest absolute Gasteiger partial charge is 0.184 e. The van der Waals surface area contributed by atoms with Gasteiger partial charge in [0.2, 0.25) is 0 Å². The minimum Gasteiger partial charge on any atom is -0.494 e. The van der Waals surface area contributed by atoms with Crippen molar-refractivity contribution in [3.8, 4) is 0 Å². The Morgan fingerprint density at radius 2 is 2.06 bits per heavy atom. The van der Waals surface area contributed by atoms with Gasteiger partial charge in [-0.1, -0.05) is 0 Å². The fourth-order valence-electron chi connectivity index (χ4n) is 4.79. The van der Waals surface area contributed by atoms with Crippen LogP contribution in [0.15, 0.2) is 52.9 Å². The predicted octanol–water partition coefficient (Wildman–Crippen LogP) is 3.30. The van der Waals surface area contributed by atoms with Crippen LogP contribution in [0.2, 0.25) is 0 Å². The second-order valence-electron chi connectivity index (χ2n) is 9.37. The lowest BCUT2D eigenvalue weighted by Crippen LogP contribution is -2.47. The standard InChI is InChI=1S/C26H34FN7O2/c1-16(2)33-9-10-34(24-18(15-33)26(3,36-6)11-21(35-5)23(24)27)22-8-7-19-25(32-22)31-20(14-30-19)17(12-28)13-29-4/h7-8,11-14,16,18H,9-10,15,28H2,1-6H3. The van der Waals surface area contributed by atoms with Gasteiger partial charge in [0.05, 0.1) is 30.3 Å². The maximum atomic E-state index is 16.0. The summed E-state index contributed by atoms with van der Waals surface area (Å²) in [5.41, 5.74) is 7.74. The van der Waals surface area contributed by atoms with Crippen molar-refractivity contribution in [2.45, 2.75) is 32.4 Å². The number of hydrogen-bond acceptors (Lipinski definition) is 9. The zero-order valence-electron chi connectivity index (χ0n) is 21.7. The number of anilines is 1. The number of allylic oxidation sites excluding steroid dienone is 2. The Hall–Kier alpha value is -3.37. The first kappa shape index (κ1) is 25.7. The molecule has 2 aromatic rings. The van der Waals surface area contributed by atoms with E-state index in [0.717, 1.165) is 6.54 Å². The van der Waals surface area contributed by atoms with E-state index in [1.807, 2.05) is 24.0 Å². The molecular weight excluding hydrogens is 461 g/mol. The molecule has 1 fully saturated rings. The molecular formula is C26H34FN7O2. The predicted molar refractivity (Wildman–Crippen MR) is 140 cm³/mol. The molecule has 1 saturated heterocycles. The van der Waals surface area contributed by atoms with Gasteiger partial charge in [-0.3, -0.25) is 14.9 Å². The summed E-state index contributed by atoms with van der Waals surface area (Å²) < 4.78 is 27.4. The zero-order chi connectivity index (χ0) is 26.0. The normalized spacial score (nSPS) is 23.9. The fourth-order valence-corrected chi connectivity index (χ4v) is 4.79. The summed E-state index contributed by atoms with van der Waals surface area (Å²) in [6.07, 6.45) is 6.42. The monoisotopic (exact) mass is 495 g/mol. The Bertz CT molecular complexity index is 1260. The van der Waals surface area contributed by atoms with E-state index in [0.29, 0.717) is 47.0 Å². The molecule has 1 aliphatic carbocycles. The van der Waals surface area contributed by atoms with E-state index in [4.69, 9.17) is 20.2 Å². The maximum absolute atomic E-state index is 16.0. The Balaban J connectivity index is 1.87. The quantitative estimate of drug-likeness (QED) is 0.609. The molecule has 0 radical (unpaired) electrons. The SMILES string of the molecule is CN=CC(=CN)c1cnc2ccc(N3CCN(C(C)C)CC4C3=C(F)C(OC)=CC4(C)OC)nc2n1. The number of nitrogens with zero attached hydrogens (tertiary/aromatic N) is 6. The van der Waals surface area contributed by atoms with Crippen LogP contribution in [-0.2, 0) is 9.47 Å². The minimum absolute atomic E-state index is 0.160. The van der Waals surface area contributed by atoms with E-state index >= 15 is 4.39 Å². The molecule has 2 aliphatic rings. The van der Waals surface area contributed by atoms with Crippen LogP contribution in [0.1, 0.15) is 26.5 Å². The number of hydrogen-bond donors (Lipinski definition) is 1. The molecule has 0 bridgehead atoms. The van der Waals surface area contributed by atoms with Gasteiger partial charge in [0, 0.05) is 63.7 Å². The molecule has 0 saturated carbocycles.